The molecular weight excluding hydrogens is 323 g/mol. The SMILES string of the molecule is Cc1cc2c([cH-]1)CCCC2.Cc1cc2c([cH-]1)CCCC2.[CH3-].[CH3-].[Ni]. The second kappa shape index (κ2) is 10.1. The normalized spacial score (nSPS) is 14.7. The zero-order chi connectivity index (χ0) is 13.9. The first-order valence-corrected chi connectivity index (χ1v) is 8.22. The number of aryl methyl sites for hydroxylation is 6. The zero-order valence-corrected chi connectivity index (χ0v) is 16.3. The van der Waals surface area contributed by atoms with Crippen molar-refractivity contribution in [2.75, 3.05) is 0 Å². The van der Waals surface area contributed by atoms with Crippen molar-refractivity contribution in [3.8, 4) is 0 Å². The van der Waals surface area contributed by atoms with Crippen LogP contribution in [0.4, 0.5) is 0 Å². The molecule has 0 unspecified atom stereocenters. The Morgan fingerprint density at radius 3 is 1.35 bits per heavy atom. The summed E-state index contributed by atoms with van der Waals surface area (Å²) in [6.07, 6.45) is 10.9. The maximum atomic E-state index is 2.34. The molecule has 0 heterocycles. The Kier molecular flexibility index (Phi) is 9.78. The number of hydrogen-bond donors (Lipinski definition) is 0. The van der Waals surface area contributed by atoms with Gasteiger partial charge in [-0.3, -0.25) is 0 Å². The maximum absolute atomic E-state index is 2.34. The average Bonchev–Trinajstić information content (AvgIpc) is 2.99. The quantitative estimate of drug-likeness (QED) is 0.397. The topological polar surface area (TPSA) is 0 Å². The molecule has 1 heteroatoms. The number of rotatable bonds is 0. The molecule has 0 N–H and O–H groups in total. The molecule has 0 atom stereocenters. The van der Waals surface area contributed by atoms with Gasteiger partial charge in [-0.2, -0.15) is 45.5 Å². The van der Waals surface area contributed by atoms with Crippen molar-refractivity contribution in [2.45, 2.75) is 65.2 Å². The Labute approximate surface area is 154 Å². The number of fused-ring (bicyclic) bond motifs is 2. The van der Waals surface area contributed by atoms with E-state index in [4.69, 9.17) is 0 Å². The van der Waals surface area contributed by atoms with Gasteiger partial charge < -0.3 is 14.9 Å². The Balaban J connectivity index is 0.000000372. The van der Waals surface area contributed by atoms with Crippen LogP contribution in [-0.2, 0) is 42.2 Å². The zero-order valence-electron chi connectivity index (χ0n) is 15.3. The molecule has 2 aromatic carbocycles. The summed E-state index contributed by atoms with van der Waals surface area (Å²) in [6, 6.07) is 9.37. The molecule has 0 fully saturated rings. The molecule has 0 aliphatic heterocycles. The van der Waals surface area contributed by atoms with Crippen LogP contribution >= 0.6 is 0 Å². The summed E-state index contributed by atoms with van der Waals surface area (Å²) < 4.78 is 0. The van der Waals surface area contributed by atoms with E-state index in [0.717, 1.165) is 0 Å². The monoisotopic (exact) mass is 354 g/mol. The molecule has 23 heavy (non-hydrogen) atoms. The van der Waals surface area contributed by atoms with Crippen molar-refractivity contribution in [1.29, 1.82) is 0 Å². The molecule has 134 valence electrons. The molecule has 2 aliphatic carbocycles. The van der Waals surface area contributed by atoms with Crippen LogP contribution in [0.25, 0.3) is 0 Å². The summed E-state index contributed by atoms with van der Waals surface area (Å²) in [7, 11) is 0. The molecule has 4 rings (SSSR count). The van der Waals surface area contributed by atoms with Gasteiger partial charge in [0.2, 0.25) is 0 Å². The van der Waals surface area contributed by atoms with E-state index in [2.05, 4.69) is 38.1 Å². The smallest absolute Gasteiger partial charge is 0 e. The molecule has 0 radical (unpaired) electrons. The van der Waals surface area contributed by atoms with Crippen LogP contribution < -0.4 is 0 Å². The first kappa shape index (κ1) is 22.2. The van der Waals surface area contributed by atoms with E-state index in [1.165, 1.54) is 62.5 Å². The van der Waals surface area contributed by atoms with Gasteiger partial charge in [0, 0.05) is 16.5 Å². The van der Waals surface area contributed by atoms with E-state index in [9.17, 15) is 0 Å². The largest absolute Gasteiger partial charge is 0.358 e. The molecule has 0 saturated carbocycles. The minimum atomic E-state index is 0. The van der Waals surface area contributed by atoms with Gasteiger partial charge in [0.15, 0.2) is 0 Å². The predicted octanol–water partition coefficient (Wildman–Crippen LogP) is 6.08. The van der Waals surface area contributed by atoms with E-state index >= 15 is 0 Å². The van der Waals surface area contributed by atoms with E-state index in [0.29, 0.717) is 0 Å². The van der Waals surface area contributed by atoms with Gasteiger partial charge in [-0.05, 0) is 0 Å². The van der Waals surface area contributed by atoms with Gasteiger partial charge in [-0.1, -0.05) is 65.2 Å². The van der Waals surface area contributed by atoms with E-state index in [-0.39, 0.29) is 31.3 Å². The third-order valence-electron chi connectivity index (χ3n) is 4.72. The van der Waals surface area contributed by atoms with Gasteiger partial charge in [-0.25, -0.2) is 12.1 Å². The molecule has 2 aromatic rings. The molecule has 0 nitrogen and oxygen atoms in total. The van der Waals surface area contributed by atoms with Crippen LogP contribution in [0.15, 0.2) is 24.3 Å². The molecular formula is C22H32Ni-4. The van der Waals surface area contributed by atoms with Crippen molar-refractivity contribution in [1.82, 2.24) is 0 Å². The predicted molar refractivity (Wildman–Crippen MR) is 99.7 cm³/mol. The minimum absolute atomic E-state index is 0. The molecule has 0 aromatic heterocycles. The van der Waals surface area contributed by atoms with Crippen molar-refractivity contribution < 1.29 is 16.5 Å². The summed E-state index contributed by atoms with van der Waals surface area (Å²) in [4.78, 5) is 0. The van der Waals surface area contributed by atoms with Gasteiger partial charge in [0.1, 0.15) is 0 Å². The summed E-state index contributed by atoms with van der Waals surface area (Å²) in [6.45, 7) is 4.39. The molecule has 0 amide bonds. The first-order chi connectivity index (χ1) is 9.72. The van der Waals surface area contributed by atoms with E-state index < -0.39 is 0 Å². The van der Waals surface area contributed by atoms with Gasteiger partial charge >= 0.3 is 0 Å². The van der Waals surface area contributed by atoms with Crippen LogP contribution in [0, 0.1) is 28.7 Å². The molecule has 0 bridgehead atoms. The number of hydrogen-bond acceptors (Lipinski definition) is 0. The van der Waals surface area contributed by atoms with Crippen molar-refractivity contribution in [3.05, 3.63) is 72.5 Å². The third-order valence-corrected chi connectivity index (χ3v) is 4.72. The summed E-state index contributed by atoms with van der Waals surface area (Å²) in [5, 5.41) is 0. The third kappa shape index (κ3) is 5.64. The van der Waals surface area contributed by atoms with Gasteiger partial charge in [0.05, 0.1) is 0 Å². The molecule has 0 saturated heterocycles. The Morgan fingerprint density at radius 1 is 0.652 bits per heavy atom. The molecule has 0 spiro atoms. The minimum Gasteiger partial charge on any atom is -0.358 e. The fourth-order valence-electron chi connectivity index (χ4n) is 3.75. The van der Waals surface area contributed by atoms with Crippen LogP contribution in [0.3, 0.4) is 0 Å². The van der Waals surface area contributed by atoms with Gasteiger partial charge in [0.25, 0.3) is 0 Å². The Morgan fingerprint density at radius 2 is 1.00 bits per heavy atom. The van der Waals surface area contributed by atoms with Crippen LogP contribution in [0.2, 0.25) is 0 Å². The standard InChI is InChI=1S/2C10H13.2CH3.Ni/c2*1-8-6-9-4-2-3-5-10(9)7-8;;;/h2*6-7H,2-5H2,1H3;2*1H3;/q4*-1;. The molecule has 2 aliphatic rings. The average molecular weight is 355 g/mol. The van der Waals surface area contributed by atoms with Crippen LogP contribution in [0.1, 0.15) is 59.1 Å². The second-order valence-electron chi connectivity index (χ2n) is 6.58. The van der Waals surface area contributed by atoms with Crippen molar-refractivity contribution in [2.24, 2.45) is 0 Å². The first-order valence-electron chi connectivity index (χ1n) is 8.22. The van der Waals surface area contributed by atoms with Crippen LogP contribution in [-0.4, -0.2) is 0 Å². The van der Waals surface area contributed by atoms with Crippen molar-refractivity contribution >= 4 is 0 Å². The van der Waals surface area contributed by atoms with Gasteiger partial charge in [-0.15, -0.1) is 0 Å². The summed E-state index contributed by atoms with van der Waals surface area (Å²) in [5.74, 6) is 0. The summed E-state index contributed by atoms with van der Waals surface area (Å²) in [5.41, 5.74) is 9.36. The fourth-order valence-corrected chi connectivity index (χ4v) is 3.75. The Hall–Kier alpha value is -0.806. The summed E-state index contributed by atoms with van der Waals surface area (Å²) >= 11 is 0. The van der Waals surface area contributed by atoms with Crippen molar-refractivity contribution in [3.63, 3.8) is 0 Å². The second-order valence-corrected chi connectivity index (χ2v) is 6.58. The Bertz CT molecular complexity index is 472. The maximum Gasteiger partial charge on any atom is 0 e. The van der Waals surface area contributed by atoms with E-state index in [1.54, 1.807) is 22.3 Å². The fraction of sp³-hybridized carbons (Fsp3) is 0.455. The van der Waals surface area contributed by atoms with E-state index in [1.807, 2.05) is 0 Å². The van der Waals surface area contributed by atoms with Crippen LogP contribution in [0.5, 0.6) is 0 Å².